The number of unbranched alkanes of at least 4 members (excludes halogenated alkanes) is 5. The number of rotatable bonds is 12. The van der Waals surface area contributed by atoms with Crippen LogP contribution in [0.3, 0.4) is 0 Å². The zero-order chi connectivity index (χ0) is 26.2. The molecule has 10 atom stereocenters. The van der Waals surface area contributed by atoms with Crippen molar-refractivity contribution in [3.05, 3.63) is 0 Å². The normalized spacial score (nSPS) is 41.2. The summed E-state index contributed by atoms with van der Waals surface area (Å²) in [5, 5.41) is 71.3. The standard InChI is InChI=1S/C22H40O12/c1-3-4-5-6-7-8-9-22(33-12(2)25)20(30)18(29)19(14(11-24)34-22)32-21-17(28)16(27)15(26)13(10-23)31-21/h13-21,23-24,26-30H,3-11H2,1-2H3/t13-,14-,15+,16+,17-,18+,19-,20-,21+,22?/m1/s1/i2D. The molecule has 0 aliphatic carbocycles. The summed E-state index contributed by atoms with van der Waals surface area (Å²) in [6, 6.07) is 0. The highest BCUT2D eigenvalue weighted by atomic mass is 16.8. The quantitative estimate of drug-likeness (QED) is 0.119. The fourth-order valence-corrected chi connectivity index (χ4v) is 4.38. The Labute approximate surface area is 200 Å². The van der Waals surface area contributed by atoms with Crippen molar-refractivity contribution in [1.82, 2.24) is 0 Å². The van der Waals surface area contributed by atoms with Crippen molar-refractivity contribution in [1.29, 1.82) is 0 Å². The second kappa shape index (κ2) is 13.4. The van der Waals surface area contributed by atoms with E-state index < -0.39 is 87.0 Å². The van der Waals surface area contributed by atoms with Crippen molar-refractivity contribution in [2.75, 3.05) is 13.2 Å². The highest BCUT2D eigenvalue weighted by molar-refractivity contribution is 5.66. The van der Waals surface area contributed by atoms with Gasteiger partial charge in [0.05, 0.1) is 13.2 Å². The molecule has 200 valence electrons. The van der Waals surface area contributed by atoms with Crippen LogP contribution in [0.15, 0.2) is 0 Å². The molecule has 0 aromatic heterocycles. The predicted molar refractivity (Wildman–Crippen MR) is 115 cm³/mol. The summed E-state index contributed by atoms with van der Waals surface area (Å²) in [6.45, 7) is -0.118. The van der Waals surface area contributed by atoms with Crippen molar-refractivity contribution < 1.29 is 60.9 Å². The van der Waals surface area contributed by atoms with Crippen LogP contribution in [-0.4, -0.2) is 116 Å². The van der Waals surface area contributed by atoms with Crippen molar-refractivity contribution in [2.24, 2.45) is 0 Å². The van der Waals surface area contributed by atoms with E-state index in [1.165, 1.54) is 0 Å². The van der Waals surface area contributed by atoms with Gasteiger partial charge < -0.3 is 54.7 Å². The Morgan fingerprint density at radius 1 is 0.912 bits per heavy atom. The number of hydrogen-bond donors (Lipinski definition) is 7. The first-order valence-corrected chi connectivity index (χ1v) is 11.8. The number of carbonyl (C=O) groups is 1. The maximum absolute atomic E-state index is 12.0. The van der Waals surface area contributed by atoms with Gasteiger partial charge >= 0.3 is 5.97 Å². The number of aliphatic hydroxyl groups excluding tert-OH is 7. The molecule has 0 aromatic rings. The molecule has 0 aromatic carbocycles. The Balaban J connectivity index is 2.18. The Morgan fingerprint density at radius 3 is 2.18 bits per heavy atom. The van der Waals surface area contributed by atoms with Crippen LogP contribution in [0.1, 0.15) is 60.1 Å². The smallest absolute Gasteiger partial charge is 0.305 e. The van der Waals surface area contributed by atoms with E-state index in [0.29, 0.717) is 6.42 Å². The van der Waals surface area contributed by atoms with Crippen molar-refractivity contribution in [2.45, 2.75) is 120 Å². The Morgan fingerprint density at radius 2 is 1.56 bits per heavy atom. The summed E-state index contributed by atoms with van der Waals surface area (Å²) in [7, 11) is 0. The van der Waals surface area contributed by atoms with Gasteiger partial charge in [-0.2, -0.15) is 0 Å². The van der Waals surface area contributed by atoms with Crippen molar-refractivity contribution in [3.63, 3.8) is 0 Å². The molecule has 7 N–H and O–H groups in total. The van der Waals surface area contributed by atoms with E-state index in [-0.39, 0.29) is 6.42 Å². The maximum atomic E-state index is 12.0. The van der Waals surface area contributed by atoms with E-state index in [9.17, 15) is 40.5 Å². The molecule has 2 aliphatic rings. The third kappa shape index (κ3) is 6.84. The Kier molecular flexibility index (Phi) is 10.9. The fraction of sp³-hybridized carbons (Fsp3) is 0.955. The summed E-state index contributed by atoms with van der Waals surface area (Å²) < 4.78 is 29.2. The lowest BCUT2D eigenvalue weighted by Crippen LogP contribution is -2.68. The molecule has 0 radical (unpaired) electrons. The minimum Gasteiger partial charge on any atom is -0.430 e. The van der Waals surface area contributed by atoms with Crippen LogP contribution in [0, 0.1) is 0 Å². The van der Waals surface area contributed by atoms with Gasteiger partial charge in [-0.3, -0.25) is 4.79 Å². The van der Waals surface area contributed by atoms with Crippen LogP contribution in [0.25, 0.3) is 0 Å². The predicted octanol–water partition coefficient (Wildman–Crippen LogP) is -1.71. The number of esters is 1. The maximum Gasteiger partial charge on any atom is 0.305 e. The zero-order valence-electron chi connectivity index (χ0n) is 20.4. The van der Waals surface area contributed by atoms with E-state index in [2.05, 4.69) is 6.92 Å². The van der Waals surface area contributed by atoms with Gasteiger partial charge in [-0.25, -0.2) is 0 Å². The summed E-state index contributed by atoms with van der Waals surface area (Å²) >= 11 is 0. The highest BCUT2D eigenvalue weighted by Gasteiger charge is 2.57. The molecule has 0 saturated carbocycles. The van der Waals surface area contributed by atoms with Crippen LogP contribution in [0.5, 0.6) is 0 Å². The van der Waals surface area contributed by atoms with Gasteiger partial charge in [-0.1, -0.05) is 39.0 Å². The van der Waals surface area contributed by atoms with Gasteiger partial charge in [0.25, 0.3) is 0 Å². The van der Waals surface area contributed by atoms with Crippen LogP contribution in [0.2, 0.25) is 0 Å². The first-order valence-electron chi connectivity index (χ1n) is 12.5. The number of carbonyl (C=O) groups excluding carboxylic acids is 1. The number of hydrogen-bond acceptors (Lipinski definition) is 12. The SMILES string of the molecule is [2H]CC(=O)OC1(CCCCCCCC)O[C@H](CO)[C@@H](O[C@@H]2O[C@H](CO)[C@H](O)[C@H](O)[C@H]2O)[C@H](O)[C@H]1O. The van der Waals surface area contributed by atoms with E-state index in [4.69, 9.17) is 20.3 Å². The third-order valence-electron chi connectivity index (χ3n) is 6.31. The van der Waals surface area contributed by atoms with Gasteiger partial charge in [0.2, 0.25) is 5.79 Å². The van der Waals surface area contributed by atoms with Crippen molar-refractivity contribution >= 4 is 5.97 Å². The third-order valence-corrected chi connectivity index (χ3v) is 6.31. The second-order valence-electron chi connectivity index (χ2n) is 8.88. The lowest BCUT2D eigenvalue weighted by molar-refractivity contribution is -0.385. The molecule has 2 heterocycles. The molecule has 34 heavy (non-hydrogen) atoms. The molecule has 12 nitrogen and oxygen atoms in total. The van der Waals surface area contributed by atoms with Crippen LogP contribution < -0.4 is 0 Å². The molecule has 0 bridgehead atoms. The summed E-state index contributed by atoms with van der Waals surface area (Å²) in [5.41, 5.74) is 0. The van der Waals surface area contributed by atoms with Gasteiger partial charge in [0.1, 0.15) is 48.8 Å². The second-order valence-corrected chi connectivity index (χ2v) is 8.88. The zero-order valence-corrected chi connectivity index (χ0v) is 19.4. The first-order chi connectivity index (χ1) is 16.6. The van der Waals surface area contributed by atoms with E-state index in [1.807, 2.05) is 0 Å². The van der Waals surface area contributed by atoms with Crippen LogP contribution >= 0.6 is 0 Å². The van der Waals surface area contributed by atoms with E-state index in [0.717, 1.165) is 32.1 Å². The summed E-state index contributed by atoms with van der Waals surface area (Å²) in [5.74, 6) is -3.03. The number of ether oxygens (including phenoxy) is 4. The van der Waals surface area contributed by atoms with Crippen LogP contribution in [0.4, 0.5) is 0 Å². The minimum absolute atomic E-state index is 0.00758. The molecule has 0 spiro atoms. The minimum atomic E-state index is -2.04. The van der Waals surface area contributed by atoms with Gasteiger partial charge in [-0.15, -0.1) is 0 Å². The molecule has 2 fully saturated rings. The van der Waals surface area contributed by atoms with Gasteiger partial charge in [-0.05, 0) is 6.42 Å². The average molecular weight is 498 g/mol. The fourth-order valence-electron chi connectivity index (χ4n) is 4.38. The molecule has 2 aliphatic heterocycles. The molecule has 2 rings (SSSR count). The monoisotopic (exact) mass is 497 g/mol. The number of aliphatic hydroxyl groups is 7. The molecular weight excluding hydrogens is 456 g/mol. The first kappa shape index (κ1) is 27.7. The molecule has 1 unspecified atom stereocenters. The summed E-state index contributed by atoms with van der Waals surface area (Å²) in [4.78, 5) is 12.0. The van der Waals surface area contributed by atoms with Crippen molar-refractivity contribution in [3.8, 4) is 0 Å². The average Bonchev–Trinajstić information content (AvgIpc) is 2.86. The van der Waals surface area contributed by atoms with Crippen LogP contribution in [-0.2, 0) is 23.7 Å². The van der Waals surface area contributed by atoms with E-state index in [1.54, 1.807) is 0 Å². The molecule has 0 amide bonds. The lowest BCUT2D eigenvalue weighted by atomic mass is 9.88. The molecular formula is C22H40O12. The highest BCUT2D eigenvalue weighted by Crippen LogP contribution is 2.38. The molecule has 12 heteroatoms. The Bertz CT molecular complexity index is 638. The topological polar surface area (TPSA) is 196 Å². The molecule has 2 saturated heterocycles. The largest absolute Gasteiger partial charge is 0.430 e. The Hall–Kier alpha value is -0.930. The van der Waals surface area contributed by atoms with Gasteiger partial charge in [0, 0.05) is 14.7 Å². The lowest BCUT2D eigenvalue weighted by Gasteiger charge is -2.50. The van der Waals surface area contributed by atoms with E-state index >= 15 is 0 Å². The van der Waals surface area contributed by atoms with Gasteiger partial charge in [0.15, 0.2) is 6.29 Å². The summed E-state index contributed by atoms with van der Waals surface area (Å²) in [6.07, 6.45) is -9.35.